The van der Waals surface area contributed by atoms with Gasteiger partial charge in [-0.1, -0.05) is 6.07 Å². The van der Waals surface area contributed by atoms with E-state index in [0.29, 0.717) is 12.1 Å². The summed E-state index contributed by atoms with van der Waals surface area (Å²) < 4.78 is 31.6. The molecule has 3 rings (SSSR count). The highest BCUT2D eigenvalue weighted by Crippen LogP contribution is 2.21. The van der Waals surface area contributed by atoms with Crippen LogP contribution in [0.4, 0.5) is 8.78 Å². The van der Waals surface area contributed by atoms with Crippen molar-refractivity contribution in [1.29, 1.82) is 0 Å². The number of aromatic amines is 1. The molecule has 1 aromatic heterocycles. The lowest BCUT2D eigenvalue weighted by Crippen LogP contribution is -2.23. The topological polar surface area (TPSA) is 54.1 Å². The van der Waals surface area contributed by atoms with Crippen LogP contribution in [-0.2, 0) is 17.8 Å². The molecule has 1 amide bonds. The van der Waals surface area contributed by atoms with Crippen molar-refractivity contribution in [1.82, 2.24) is 10.3 Å². The number of nitrogens with one attached hydrogen (secondary N) is 2. The van der Waals surface area contributed by atoms with Crippen LogP contribution >= 0.6 is 0 Å². The molecule has 0 bridgehead atoms. The average Bonchev–Trinajstić information content (AvgIpc) is 3.01. The maximum Gasteiger partial charge on any atom is 0.220 e. The summed E-state index contributed by atoms with van der Waals surface area (Å²) in [5, 5.41) is 3.79. The Kier molecular flexibility index (Phi) is 4.97. The Balaban J connectivity index is 1.55. The lowest BCUT2D eigenvalue weighted by atomic mass is 10.1. The number of aromatic nitrogens is 1. The van der Waals surface area contributed by atoms with Crippen LogP contribution in [0.1, 0.15) is 17.7 Å². The van der Waals surface area contributed by atoms with Gasteiger partial charge in [0.2, 0.25) is 5.91 Å². The first-order chi connectivity index (χ1) is 12.0. The highest BCUT2D eigenvalue weighted by molar-refractivity contribution is 5.82. The fourth-order valence-corrected chi connectivity index (χ4v) is 2.65. The van der Waals surface area contributed by atoms with E-state index in [1.807, 2.05) is 24.3 Å². The summed E-state index contributed by atoms with van der Waals surface area (Å²) in [6, 6.07) is 11.0. The molecule has 4 nitrogen and oxygen atoms in total. The van der Waals surface area contributed by atoms with Crippen molar-refractivity contribution >= 4 is 16.8 Å². The Morgan fingerprint density at radius 1 is 1.16 bits per heavy atom. The Morgan fingerprint density at radius 2 is 2.00 bits per heavy atom. The van der Waals surface area contributed by atoms with Crippen LogP contribution in [0, 0.1) is 11.6 Å². The number of amides is 1. The van der Waals surface area contributed by atoms with Crippen LogP contribution in [0.25, 0.3) is 10.9 Å². The number of carbonyl (C=O) groups excluding carboxylic acids is 1. The molecule has 0 radical (unpaired) electrons. The van der Waals surface area contributed by atoms with Gasteiger partial charge in [0.15, 0.2) is 0 Å². The molecule has 0 saturated carbocycles. The molecule has 6 heteroatoms. The van der Waals surface area contributed by atoms with Crippen molar-refractivity contribution in [2.45, 2.75) is 19.4 Å². The van der Waals surface area contributed by atoms with Crippen molar-refractivity contribution in [3.8, 4) is 5.75 Å². The third kappa shape index (κ3) is 4.15. The lowest BCUT2D eigenvalue weighted by molar-refractivity contribution is -0.121. The van der Waals surface area contributed by atoms with Crippen LogP contribution in [0.15, 0.2) is 42.5 Å². The maximum atomic E-state index is 13.5. The summed E-state index contributed by atoms with van der Waals surface area (Å²) >= 11 is 0. The molecule has 0 fully saturated rings. The van der Waals surface area contributed by atoms with Gasteiger partial charge in [-0.3, -0.25) is 4.79 Å². The number of aryl methyl sites for hydroxylation is 1. The molecule has 0 aliphatic rings. The van der Waals surface area contributed by atoms with Crippen LogP contribution in [0.2, 0.25) is 0 Å². The van der Waals surface area contributed by atoms with Gasteiger partial charge in [0, 0.05) is 29.1 Å². The van der Waals surface area contributed by atoms with Gasteiger partial charge in [-0.15, -0.1) is 0 Å². The maximum absolute atomic E-state index is 13.5. The van der Waals surface area contributed by atoms with Gasteiger partial charge in [-0.25, -0.2) is 8.78 Å². The third-order valence-corrected chi connectivity index (χ3v) is 4.00. The number of fused-ring (bicyclic) bond motifs is 1. The van der Waals surface area contributed by atoms with Gasteiger partial charge >= 0.3 is 0 Å². The van der Waals surface area contributed by atoms with Crippen molar-refractivity contribution in [3.05, 3.63) is 65.4 Å². The second-order valence-electron chi connectivity index (χ2n) is 5.76. The minimum Gasteiger partial charge on any atom is -0.497 e. The zero-order chi connectivity index (χ0) is 17.8. The number of halogens is 2. The van der Waals surface area contributed by atoms with Gasteiger partial charge in [0.25, 0.3) is 0 Å². The lowest BCUT2D eigenvalue weighted by Gasteiger charge is -2.05. The SMILES string of the molecule is COc1ccc2[nH]c(CNC(=O)CCc3ccc(F)cc3F)cc2c1. The number of ether oxygens (including phenoxy) is 1. The molecule has 1 heterocycles. The van der Waals surface area contributed by atoms with E-state index in [-0.39, 0.29) is 18.7 Å². The molecule has 0 spiro atoms. The Labute approximate surface area is 143 Å². The van der Waals surface area contributed by atoms with E-state index >= 15 is 0 Å². The number of methoxy groups -OCH3 is 1. The Hall–Kier alpha value is -2.89. The summed E-state index contributed by atoms with van der Waals surface area (Å²) in [7, 11) is 1.61. The van der Waals surface area contributed by atoms with Gasteiger partial charge in [0.05, 0.1) is 13.7 Å². The summed E-state index contributed by atoms with van der Waals surface area (Å²) in [6.45, 7) is 0.349. The number of benzene rings is 2. The van der Waals surface area contributed by atoms with E-state index in [1.54, 1.807) is 7.11 Å². The number of carbonyl (C=O) groups is 1. The molecule has 0 saturated heterocycles. The largest absolute Gasteiger partial charge is 0.497 e. The van der Waals surface area contributed by atoms with E-state index in [0.717, 1.165) is 28.4 Å². The fourth-order valence-electron chi connectivity index (χ4n) is 2.65. The van der Waals surface area contributed by atoms with Crippen LogP contribution in [-0.4, -0.2) is 18.0 Å². The molecule has 2 N–H and O–H groups in total. The molecule has 130 valence electrons. The molecular formula is C19H18F2N2O2. The van der Waals surface area contributed by atoms with Gasteiger partial charge in [0.1, 0.15) is 17.4 Å². The summed E-state index contributed by atoms with van der Waals surface area (Å²) in [5.41, 5.74) is 2.15. The third-order valence-electron chi connectivity index (χ3n) is 4.00. The fraction of sp³-hybridized carbons (Fsp3) is 0.211. The Bertz CT molecular complexity index is 906. The number of hydrogen-bond donors (Lipinski definition) is 2. The minimum absolute atomic E-state index is 0.136. The summed E-state index contributed by atoms with van der Waals surface area (Å²) in [5.74, 6) is -0.679. The quantitative estimate of drug-likeness (QED) is 0.716. The van der Waals surface area contributed by atoms with E-state index in [4.69, 9.17) is 4.74 Å². The second kappa shape index (κ2) is 7.34. The average molecular weight is 344 g/mol. The number of hydrogen-bond acceptors (Lipinski definition) is 2. The number of rotatable bonds is 6. The molecule has 0 unspecified atom stereocenters. The zero-order valence-electron chi connectivity index (χ0n) is 13.7. The normalized spacial score (nSPS) is 10.8. The highest BCUT2D eigenvalue weighted by atomic mass is 19.1. The molecule has 0 aliphatic carbocycles. The molecular weight excluding hydrogens is 326 g/mol. The van der Waals surface area contributed by atoms with Gasteiger partial charge in [-0.05, 0) is 42.3 Å². The first-order valence-corrected chi connectivity index (χ1v) is 7.91. The molecule has 3 aromatic rings. The Morgan fingerprint density at radius 3 is 2.76 bits per heavy atom. The molecule has 2 aromatic carbocycles. The molecule has 25 heavy (non-hydrogen) atoms. The predicted octanol–water partition coefficient (Wildman–Crippen LogP) is 3.70. The zero-order valence-corrected chi connectivity index (χ0v) is 13.7. The smallest absolute Gasteiger partial charge is 0.220 e. The van der Waals surface area contributed by atoms with E-state index in [1.165, 1.54) is 12.1 Å². The predicted molar refractivity (Wildman–Crippen MR) is 91.4 cm³/mol. The van der Waals surface area contributed by atoms with Crippen LogP contribution < -0.4 is 10.1 Å². The van der Waals surface area contributed by atoms with Crippen molar-refractivity contribution in [2.24, 2.45) is 0 Å². The second-order valence-corrected chi connectivity index (χ2v) is 5.76. The highest BCUT2D eigenvalue weighted by Gasteiger charge is 2.08. The van der Waals surface area contributed by atoms with Crippen molar-refractivity contribution < 1.29 is 18.3 Å². The summed E-state index contributed by atoms with van der Waals surface area (Å²) in [4.78, 5) is 15.2. The summed E-state index contributed by atoms with van der Waals surface area (Å²) in [6.07, 6.45) is 0.360. The standard InChI is InChI=1S/C19H18F2N2O2/c1-25-16-5-6-18-13(9-16)8-15(23-18)11-22-19(24)7-3-12-2-4-14(20)10-17(12)21/h2,4-6,8-10,23H,3,7,11H2,1H3,(H,22,24). The molecule has 0 atom stereocenters. The van der Waals surface area contributed by atoms with Crippen LogP contribution in [0.5, 0.6) is 5.75 Å². The first-order valence-electron chi connectivity index (χ1n) is 7.91. The van der Waals surface area contributed by atoms with Crippen molar-refractivity contribution in [2.75, 3.05) is 7.11 Å². The van der Waals surface area contributed by atoms with Gasteiger partial charge in [-0.2, -0.15) is 0 Å². The number of H-pyrrole nitrogens is 1. The van der Waals surface area contributed by atoms with Gasteiger partial charge < -0.3 is 15.0 Å². The first kappa shape index (κ1) is 17.0. The minimum atomic E-state index is -0.627. The monoisotopic (exact) mass is 344 g/mol. The van der Waals surface area contributed by atoms with Crippen LogP contribution in [0.3, 0.4) is 0 Å². The van der Waals surface area contributed by atoms with E-state index < -0.39 is 11.6 Å². The molecule has 0 aliphatic heterocycles. The van der Waals surface area contributed by atoms with Crippen molar-refractivity contribution in [3.63, 3.8) is 0 Å². The van der Waals surface area contributed by atoms with E-state index in [9.17, 15) is 13.6 Å². The van der Waals surface area contributed by atoms with E-state index in [2.05, 4.69) is 10.3 Å².